The number of benzene rings is 1. The van der Waals surface area contributed by atoms with Crippen LogP contribution in [0.1, 0.15) is 18.5 Å². The quantitative estimate of drug-likeness (QED) is 0.389. The summed E-state index contributed by atoms with van der Waals surface area (Å²) in [5, 5.41) is 5.34. The third kappa shape index (κ3) is 5.01. The lowest BCUT2D eigenvalue weighted by atomic mass is 9.95. The first-order valence-corrected chi connectivity index (χ1v) is 8.37. The van der Waals surface area contributed by atoms with Crippen LogP contribution in [0.2, 0.25) is 0 Å². The highest BCUT2D eigenvalue weighted by molar-refractivity contribution is 5.95. The minimum Gasteiger partial charge on any atom is -0.493 e. The maximum absolute atomic E-state index is 12.5. The first-order chi connectivity index (χ1) is 13.0. The highest BCUT2D eigenvalue weighted by Crippen LogP contribution is 2.34. The molecule has 1 aromatic rings. The Kier molecular flexibility index (Phi) is 7.25. The van der Waals surface area contributed by atoms with Crippen molar-refractivity contribution in [1.29, 1.82) is 0 Å². The molecule has 2 rings (SSSR count). The van der Waals surface area contributed by atoms with Gasteiger partial charge >= 0.3 is 12.0 Å². The van der Waals surface area contributed by atoms with Crippen molar-refractivity contribution in [2.24, 2.45) is 0 Å². The van der Waals surface area contributed by atoms with Crippen molar-refractivity contribution in [1.82, 2.24) is 10.6 Å². The van der Waals surface area contributed by atoms with Crippen molar-refractivity contribution in [3.8, 4) is 11.5 Å². The Morgan fingerprint density at radius 1 is 1.26 bits per heavy atom. The lowest BCUT2D eigenvalue weighted by Crippen LogP contribution is -2.45. The van der Waals surface area contributed by atoms with Crippen molar-refractivity contribution in [2.75, 3.05) is 34.0 Å². The number of carbonyl (C=O) groups excluding carboxylic acids is 2. The molecule has 0 bridgehead atoms. The predicted molar refractivity (Wildman–Crippen MR) is 98.6 cm³/mol. The molecule has 1 aromatic carbocycles. The van der Waals surface area contributed by atoms with E-state index in [1.165, 1.54) is 14.2 Å². The molecule has 1 heterocycles. The van der Waals surface area contributed by atoms with Crippen LogP contribution in [0, 0.1) is 0 Å². The normalized spacial score (nSPS) is 16.3. The van der Waals surface area contributed by atoms with Crippen molar-refractivity contribution in [3.63, 3.8) is 0 Å². The molecule has 146 valence electrons. The number of amides is 2. The van der Waals surface area contributed by atoms with Crippen LogP contribution in [0.4, 0.5) is 4.79 Å². The summed E-state index contributed by atoms with van der Waals surface area (Å²) in [7, 11) is 3.04. The summed E-state index contributed by atoms with van der Waals surface area (Å²) in [5.74, 6) is 0.478. The summed E-state index contributed by atoms with van der Waals surface area (Å²) in [6, 6.07) is 4.10. The fraction of sp³-hybridized carbons (Fsp3) is 0.368. The van der Waals surface area contributed by atoms with Gasteiger partial charge in [0.15, 0.2) is 11.5 Å². The van der Waals surface area contributed by atoms with E-state index < -0.39 is 18.0 Å². The highest BCUT2D eigenvalue weighted by atomic mass is 16.6. The van der Waals surface area contributed by atoms with Gasteiger partial charge in [0.1, 0.15) is 13.2 Å². The third-order valence-corrected chi connectivity index (χ3v) is 3.89. The molecule has 1 aliphatic rings. The Morgan fingerprint density at radius 2 is 2.04 bits per heavy atom. The Hall–Kier alpha value is -3.00. The van der Waals surface area contributed by atoms with Crippen molar-refractivity contribution < 1.29 is 28.5 Å². The molecule has 8 heteroatoms. The third-order valence-electron chi connectivity index (χ3n) is 3.89. The molecule has 2 amide bonds. The smallest absolute Gasteiger partial charge is 0.338 e. The van der Waals surface area contributed by atoms with Crippen molar-refractivity contribution in [3.05, 3.63) is 47.7 Å². The Morgan fingerprint density at radius 3 is 2.70 bits per heavy atom. The molecule has 1 aliphatic heterocycles. The van der Waals surface area contributed by atoms with Crippen LogP contribution in [0.25, 0.3) is 0 Å². The average Bonchev–Trinajstić information content (AvgIpc) is 2.65. The van der Waals surface area contributed by atoms with Gasteiger partial charge in [-0.3, -0.25) is 0 Å². The molecule has 0 saturated heterocycles. The number of rotatable bonds is 9. The number of methoxy groups -OCH3 is 2. The summed E-state index contributed by atoms with van der Waals surface area (Å²) in [6.45, 7) is 5.99. The van der Waals surface area contributed by atoms with Gasteiger partial charge < -0.3 is 29.6 Å². The largest absolute Gasteiger partial charge is 0.493 e. The maximum Gasteiger partial charge on any atom is 0.338 e. The summed E-state index contributed by atoms with van der Waals surface area (Å²) < 4.78 is 21.0. The number of hydrogen-bond acceptors (Lipinski definition) is 6. The monoisotopic (exact) mass is 376 g/mol. The zero-order valence-corrected chi connectivity index (χ0v) is 15.7. The topological polar surface area (TPSA) is 95.1 Å². The van der Waals surface area contributed by atoms with Crippen molar-refractivity contribution >= 4 is 12.0 Å². The zero-order chi connectivity index (χ0) is 19.8. The maximum atomic E-state index is 12.5. The van der Waals surface area contributed by atoms with E-state index in [1.807, 2.05) is 0 Å². The second kappa shape index (κ2) is 9.63. The van der Waals surface area contributed by atoms with Crippen LogP contribution in [-0.4, -0.2) is 46.0 Å². The van der Waals surface area contributed by atoms with E-state index in [9.17, 15) is 9.59 Å². The van der Waals surface area contributed by atoms with Gasteiger partial charge in [0, 0.05) is 12.8 Å². The predicted octanol–water partition coefficient (Wildman–Crippen LogP) is 2.08. The van der Waals surface area contributed by atoms with Crippen LogP contribution in [0.15, 0.2) is 42.1 Å². The highest BCUT2D eigenvalue weighted by Gasteiger charge is 2.32. The van der Waals surface area contributed by atoms with Gasteiger partial charge in [-0.25, -0.2) is 9.59 Å². The van der Waals surface area contributed by atoms with Gasteiger partial charge in [0.25, 0.3) is 0 Å². The molecular formula is C19H24N2O6. The van der Waals surface area contributed by atoms with Crippen molar-refractivity contribution in [2.45, 2.75) is 13.0 Å². The Balaban J connectivity index is 2.34. The molecule has 0 spiro atoms. The van der Waals surface area contributed by atoms with Crippen LogP contribution in [0.3, 0.4) is 0 Å². The summed E-state index contributed by atoms with van der Waals surface area (Å²) in [4.78, 5) is 24.5. The SMILES string of the molecule is C=CCOc1ccc([C@H]2NC(=O)NC(C)=C2C(=O)OCCOC)cc1OC. The van der Waals surface area contributed by atoms with Gasteiger partial charge in [-0.1, -0.05) is 18.7 Å². The number of carbonyl (C=O) groups is 2. The van der Waals surface area contributed by atoms with Gasteiger partial charge in [-0.05, 0) is 24.6 Å². The molecule has 27 heavy (non-hydrogen) atoms. The first kappa shape index (κ1) is 20.3. The second-order valence-corrected chi connectivity index (χ2v) is 5.71. The van der Waals surface area contributed by atoms with Crippen LogP contribution in [0.5, 0.6) is 11.5 Å². The molecule has 0 radical (unpaired) electrons. The summed E-state index contributed by atoms with van der Waals surface area (Å²) >= 11 is 0. The van der Waals surface area contributed by atoms with Gasteiger partial charge in [0.05, 0.1) is 25.3 Å². The minimum atomic E-state index is -0.684. The average molecular weight is 376 g/mol. The number of nitrogens with one attached hydrogen (secondary N) is 2. The molecule has 0 fully saturated rings. The Labute approximate surface area is 158 Å². The standard InChI is InChI=1S/C19H24N2O6/c1-5-8-26-14-7-6-13(11-15(14)25-4)17-16(12(2)20-19(23)21-17)18(22)27-10-9-24-3/h5-7,11,17H,1,8-10H2,2-4H3,(H2,20,21,23)/t17-/m1/s1. The number of esters is 1. The lowest BCUT2D eigenvalue weighted by molar-refractivity contribution is -0.140. The minimum absolute atomic E-state index is 0.116. The molecule has 0 aliphatic carbocycles. The number of ether oxygens (including phenoxy) is 4. The van der Waals surface area contributed by atoms with Gasteiger partial charge in [-0.2, -0.15) is 0 Å². The number of urea groups is 1. The van der Waals surface area contributed by atoms with E-state index in [0.717, 1.165) is 0 Å². The molecule has 0 unspecified atom stereocenters. The molecule has 0 saturated carbocycles. The molecule has 0 aromatic heterocycles. The molecule has 2 N–H and O–H groups in total. The second-order valence-electron chi connectivity index (χ2n) is 5.71. The molecular weight excluding hydrogens is 352 g/mol. The van der Waals surface area contributed by atoms with E-state index in [2.05, 4.69) is 17.2 Å². The molecule has 8 nitrogen and oxygen atoms in total. The van der Waals surface area contributed by atoms with Crippen LogP contribution in [-0.2, 0) is 14.3 Å². The first-order valence-electron chi connectivity index (χ1n) is 8.37. The van der Waals surface area contributed by atoms with E-state index in [0.29, 0.717) is 34.9 Å². The van der Waals surface area contributed by atoms with E-state index >= 15 is 0 Å². The summed E-state index contributed by atoms with van der Waals surface area (Å²) in [6.07, 6.45) is 1.63. The zero-order valence-electron chi connectivity index (χ0n) is 15.7. The van der Waals surface area contributed by atoms with Gasteiger partial charge in [0.2, 0.25) is 0 Å². The Bertz CT molecular complexity index is 744. The van der Waals surface area contributed by atoms with Crippen LogP contribution >= 0.6 is 0 Å². The summed E-state index contributed by atoms with van der Waals surface area (Å²) in [5.41, 5.74) is 1.40. The molecule has 1 atom stereocenters. The van der Waals surface area contributed by atoms with Gasteiger partial charge in [-0.15, -0.1) is 0 Å². The fourth-order valence-electron chi connectivity index (χ4n) is 2.64. The lowest BCUT2D eigenvalue weighted by Gasteiger charge is -2.28. The van der Waals surface area contributed by atoms with Crippen LogP contribution < -0.4 is 20.1 Å². The number of hydrogen-bond donors (Lipinski definition) is 2. The van der Waals surface area contributed by atoms with E-state index in [-0.39, 0.29) is 13.2 Å². The van der Waals surface area contributed by atoms with E-state index in [1.54, 1.807) is 31.2 Å². The fourth-order valence-corrected chi connectivity index (χ4v) is 2.64. The van der Waals surface area contributed by atoms with E-state index in [4.69, 9.17) is 18.9 Å². The number of allylic oxidation sites excluding steroid dienone is 1.